The van der Waals surface area contributed by atoms with Gasteiger partial charge in [0.25, 0.3) is 0 Å². The zero-order valence-electron chi connectivity index (χ0n) is 20.6. The second-order valence-corrected chi connectivity index (χ2v) is 10.3. The van der Waals surface area contributed by atoms with Crippen LogP contribution in [0.5, 0.6) is 0 Å². The van der Waals surface area contributed by atoms with Crippen molar-refractivity contribution in [2.45, 2.75) is 20.3 Å². The minimum Gasteiger partial charge on any atom is -0.478 e. The van der Waals surface area contributed by atoms with Crippen molar-refractivity contribution < 1.29 is 19.4 Å². The second-order valence-electron chi connectivity index (χ2n) is 8.26. The number of thiophene rings is 2. The van der Waals surface area contributed by atoms with Gasteiger partial charge in [-0.05, 0) is 37.6 Å². The Bertz CT molecular complexity index is 1740. The Hall–Kier alpha value is -4.28. The number of benzene rings is 2. The molecule has 0 atom stereocenters. The van der Waals surface area contributed by atoms with Crippen molar-refractivity contribution in [2.24, 2.45) is 0 Å². The highest BCUT2D eigenvalue weighted by Gasteiger charge is 2.18. The van der Waals surface area contributed by atoms with E-state index in [9.17, 15) is 14.7 Å². The van der Waals surface area contributed by atoms with E-state index >= 15 is 0 Å². The molecular formula is C28H24N4O4S2. The first-order valence-corrected chi connectivity index (χ1v) is 13.7. The fourth-order valence-electron chi connectivity index (χ4n) is 4.07. The predicted octanol–water partition coefficient (Wildman–Crippen LogP) is 7.02. The number of esters is 1. The van der Waals surface area contributed by atoms with E-state index in [1.165, 1.54) is 22.7 Å². The number of hydrogen-bond acceptors (Lipinski definition) is 7. The third-order valence-corrected chi connectivity index (χ3v) is 8.10. The molecule has 0 unspecified atom stereocenters. The van der Waals surface area contributed by atoms with Crippen LogP contribution >= 0.6 is 22.7 Å². The minimum absolute atomic E-state index is 0.287. The smallest absolute Gasteiger partial charge is 0.338 e. The van der Waals surface area contributed by atoms with Gasteiger partial charge in [0, 0.05) is 21.0 Å². The molecule has 10 heteroatoms. The second kappa shape index (κ2) is 11.0. The van der Waals surface area contributed by atoms with Gasteiger partial charge in [0.05, 0.1) is 38.5 Å². The Balaban J connectivity index is 0.000000155. The van der Waals surface area contributed by atoms with Crippen molar-refractivity contribution in [3.05, 3.63) is 82.0 Å². The SMILES string of the molecule is CCOC(=O)c1csc(-c2n[nH]c3ccccc23)c1.CCc1sc(-c2n[nH]c3ccccc23)cc1C(=O)O. The quantitative estimate of drug-likeness (QED) is 0.194. The predicted molar refractivity (Wildman–Crippen MR) is 151 cm³/mol. The molecule has 192 valence electrons. The molecule has 6 aromatic rings. The van der Waals surface area contributed by atoms with E-state index in [0.29, 0.717) is 24.2 Å². The van der Waals surface area contributed by atoms with Gasteiger partial charge in [-0.1, -0.05) is 43.3 Å². The van der Waals surface area contributed by atoms with Gasteiger partial charge in [-0.25, -0.2) is 9.59 Å². The molecule has 2 aromatic carbocycles. The number of para-hydroxylation sites is 2. The maximum Gasteiger partial charge on any atom is 0.338 e. The number of fused-ring (bicyclic) bond motifs is 2. The summed E-state index contributed by atoms with van der Waals surface area (Å²) in [6, 6.07) is 19.3. The molecule has 0 saturated heterocycles. The van der Waals surface area contributed by atoms with E-state index in [1.807, 2.05) is 61.5 Å². The molecular weight excluding hydrogens is 520 g/mol. The van der Waals surface area contributed by atoms with Gasteiger partial charge in [0.15, 0.2) is 0 Å². The number of rotatable bonds is 6. The monoisotopic (exact) mass is 544 g/mol. The summed E-state index contributed by atoms with van der Waals surface area (Å²) < 4.78 is 4.99. The number of carboxylic acids is 1. The van der Waals surface area contributed by atoms with Crippen LogP contribution in [0, 0.1) is 0 Å². The number of aromatic amines is 2. The summed E-state index contributed by atoms with van der Waals surface area (Å²) in [4.78, 5) is 25.6. The maximum atomic E-state index is 11.6. The number of carboxylic acid groups (broad SMARTS) is 1. The molecule has 4 aromatic heterocycles. The summed E-state index contributed by atoms with van der Waals surface area (Å²) in [5.41, 5.74) is 4.60. The van der Waals surface area contributed by atoms with Crippen molar-refractivity contribution in [3.8, 4) is 21.1 Å². The summed E-state index contributed by atoms with van der Waals surface area (Å²) in [6.45, 7) is 4.15. The normalized spacial score (nSPS) is 10.9. The largest absolute Gasteiger partial charge is 0.478 e. The van der Waals surface area contributed by atoms with Crippen LogP contribution in [0.3, 0.4) is 0 Å². The standard InChI is InChI=1S/2C14H12N2O2S/c1-2-18-14(17)9-7-12(19-8-9)13-10-5-3-4-6-11(10)15-16-13;1-2-11-9(14(17)18)7-12(19-11)13-8-5-3-4-6-10(8)15-16-13/h3-8H,2H2,1H3,(H,15,16);3-7H,2H2,1H3,(H,15,16)(H,17,18). The van der Waals surface area contributed by atoms with Gasteiger partial charge in [-0.2, -0.15) is 10.2 Å². The van der Waals surface area contributed by atoms with E-state index in [1.54, 1.807) is 18.4 Å². The average Bonchev–Trinajstić information content (AvgIpc) is 3.73. The molecule has 0 spiro atoms. The number of carbonyl (C=O) groups is 2. The highest BCUT2D eigenvalue weighted by molar-refractivity contribution is 7.16. The third-order valence-electron chi connectivity index (χ3n) is 5.88. The van der Waals surface area contributed by atoms with Crippen LogP contribution in [0.15, 0.2) is 66.0 Å². The van der Waals surface area contributed by atoms with Gasteiger partial charge in [0.2, 0.25) is 0 Å². The fourth-order valence-corrected chi connectivity index (χ4v) is 6.05. The molecule has 6 rings (SSSR count). The lowest BCUT2D eigenvalue weighted by Crippen LogP contribution is -2.02. The lowest BCUT2D eigenvalue weighted by atomic mass is 10.1. The van der Waals surface area contributed by atoms with Crippen LogP contribution in [0.1, 0.15) is 39.4 Å². The molecule has 0 aliphatic carbocycles. The van der Waals surface area contributed by atoms with E-state index in [2.05, 4.69) is 20.4 Å². The van der Waals surface area contributed by atoms with Crippen LogP contribution in [0.2, 0.25) is 0 Å². The van der Waals surface area contributed by atoms with E-state index in [0.717, 1.165) is 47.8 Å². The van der Waals surface area contributed by atoms with Crippen LogP contribution < -0.4 is 0 Å². The number of nitrogens with one attached hydrogen (secondary N) is 2. The molecule has 4 heterocycles. The van der Waals surface area contributed by atoms with Gasteiger partial charge < -0.3 is 9.84 Å². The maximum absolute atomic E-state index is 11.6. The topological polar surface area (TPSA) is 121 Å². The highest BCUT2D eigenvalue weighted by Crippen LogP contribution is 2.35. The van der Waals surface area contributed by atoms with Crippen molar-refractivity contribution in [2.75, 3.05) is 6.61 Å². The lowest BCUT2D eigenvalue weighted by molar-refractivity contribution is 0.0526. The third kappa shape index (κ3) is 4.96. The Morgan fingerprint density at radius 2 is 1.50 bits per heavy atom. The summed E-state index contributed by atoms with van der Waals surface area (Å²) in [5, 5.41) is 27.7. The molecule has 38 heavy (non-hydrogen) atoms. The van der Waals surface area contributed by atoms with Gasteiger partial charge in [-0.15, -0.1) is 22.7 Å². The first-order chi connectivity index (χ1) is 18.5. The first-order valence-electron chi connectivity index (χ1n) is 12.0. The number of aryl methyl sites for hydroxylation is 1. The highest BCUT2D eigenvalue weighted by atomic mass is 32.1. The Morgan fingerprint density at radius 3 is 2.05 bits per heavy atom. The van der Waals surface area contributed by atoms with Crippen LogP contribution in [-0.4, -0.2) is 44.0 Å². The lowest BCUT2D eigenvalue weighted by Gasteiger charge is -1.96. The molecule has 0 aliphatic rings. The number of hydrogen-bond donors (Lipinski definition) is 3. The van der Waals surface area contributed by atoms with Crippen molar-refractivity contribution in [1.29, 1.82) is 0 Å². The van der Waals surface area contributed by atoms with Crippen molar-refractivity contribution in [1.82, 2.24) is 20.4 Å². The zero-order chi connectivity index (χ0) is 26.6. The van der Waals surface area contributed by atoms with Crippen molar-refractivity contribution >= 4 is 56.4 Å². The fraction of sp³-hybridized carbons (Fsp3) is 0.143. The number of aromatic carboxylic acids is 1. The Kier molecular flexibility index (Phi) is 7.34. The molecule has 0 saturated carbocycles. The molecule has 0 radical (unpaired) electrons. The molecule has 3 N–H and O–H groups in total. The summed E-state index contributed by atoms with van der Waals surface area (Å²) in [7, 11) is 0. The Labute approximate surface area is 225 Å². The summed E-state index contributed by atoms with van der Waals surface area (Å²) in [5.74, 6) is -1.16. The molecule has 0 fully saturated rings. The minimum atomic E-state index is -0.876. The molecule has 0 amide bonds. The Morgan fingerprint density at radius 1 is 0.895 bits per heavy atom. The summed E-state index contributed by atoms with van der Waals surface area (Å²) >= 11 is 2.99. The van der Waals surface area contributed by atoms with E-state index in [4.69, 9.17) is 4.74 Å². The van der Waals surface area contributed by atoms with Crippen LogP contribution in [-0.2, 0) is 11.2 Å². The zero-order valence-corrected chi connectivity index (χ0v) is 22.3. The van der Waals surface area contributed by atoms with Crippen LogP contribution in [0.4, 0.5) is 0 Å². The molecule has 0 aliphatic heterocycles. The summed E-state index contributed by atoms with van der Waals surface area (Å²) in [6.07, 6.45) is 0.717. The molecule has 8 nitrogen and oxygen atoms in total. The average molecular weight is 545 g/mol. The first kappa shape index (κ1) is 25.4. The number of H-pyrrole nitrogens is 2. The number of nitrogens with zero attached hydrogens (tertiary/aromatic N) is 2. The van der Waals surface area contributed by atoms with Crippen LogP contribution in [0.25, 0.3) is 42.9 Å². The molecule has 0 bridgehead atoms. The van der Waals surface area contributed by atoms with E-state index < -0.39 is 5.97 Å². The van der Waals surface area contributed by atoms with Crippen molar-refractivity contribution in [3.63, 3.8) is 0 Å². The number of ether oxygens (including phenoxy) is 1. The van der Waals surface area contributed by atoms with Gasteiger partial charge in [0.1, 0.15) is 11.4 Å². The van der Waals surface area contributed by atoms with Gasteiger partial charge in [-0.3, -0.25) is 10.2 Å². The number of aromatic nitrogens is 4. The van der Waals surface area contributed by atoms with E-state index in [-0.39, 0.29) is 5.97 Å². The number of carbonyl (C=O) groups excluding carboxylic acids is 1. The van der Waals surface area contributed by atoms with Gasteiger partial charge >= 0.3 is 11.9 Å².